The van der Waals surface area contributed by atoms with Gasteiger partial charge in [0.15, 0.2) is 0 Å². The van der Waals surface area contributed by atoms with Crippen LogP contribution in [0.3, 0.4) is 0 Å². The van der Waals surface area contributed by atoms with Crippen LogP contribution in [0.2, 0.25) is 0 Å². The number of nitrogens with one attached hydrogen (secondary N) is 1. The van der Waals surface area contributed by atoms with Gasteiger partial charge in [0, 0.05) is 15.7 Å². The highest BCUT2D eigenvalue weighted by atomic mass is 79.9. The Kier molecular flexibility index (Phi) is 3.93. The highest BCUT2D eigenvalue weighted by Gasteiger charge is 2.07. The zero-order valence-electron chi connectivity index (χ0n) is 9.28. The summed E-state index contributed by atoms with van der Waals surface area (Å²) in [5.74, 6) is -0.312. The van der Waals surface area contributed by atoms with Crippen LogP contribution in [0.5, 0.6) is 0 Å². The molecule has 2 aromatic rings. The Labute approximate surface area is 118 Å². The number of anilines is 2. The van der Waals surface area contributed by atoms with Gasteiger partial charge in [0.25, 0.3) is 0 Å². The highest BCUT2D eigenvalue weighted by molar-refractivity contribution is 9.10. The van der Waals surface area contributed by atoms with Crippen molar-refractivity contribution in [2.24, 2.45) is 5.73 Å². The summed E-state index contributed by atoms with van der Waals surface area (Å²) < 4.78 is 14.0. The van der Waals surface area contributed by atoms with Gasteiger partial charge in [-0.2, -0.15) is 0 Å². The first-order valence-electron chi connectivity index (χ1n) is 5.19. The molecule has 0 unspecified atom stereocenters. The zero-order valence-corrected chi connectivity index (χ0v) is 11.7. The summed E-state index contributed by atoms with van der Waals surface area (Å²) in [5.41, 5.74) is 7.74. The van der Waals surface area contributed by atoms with Crippen LogP contribution in [0.15, 0.2) is 46.9 Å². The van der Waals surface area contributed by atoms with E-state index in [1.807, 2.05) is 24.3 Å². The van der Waals surface area contributed by atoms with Crippen LogP contribution in [-0.4, -0.2) is 4.99 Å². The molecule has 18 heavy (non-hydrogen) atoms. The van der Waals surface area contributed by atoms with Gasteiger partial charge in [0.2, 0.25) is 0 Å². The van der Waals surface area contributed by atoms with Gasteiger partial charge in [-0.3, -0.25) is 0 Å². The molecule has 92 valence electrons. The molecule has 0 saturated carbocycles. The van der Waals surface area contributed by atoms with E-state index in [-0.39, 0.29) is 5.82 Å². The number of nitrogens with two attached hydrogens (primary N) is 1. The standard InChI is InChI=1S/C13H10BrFN2S/c14-10-6-5-8(15)7-12(10)17-11-4-2-1-3-9(11)13(16)18/h1-7,17H,(H2,16,18). The van der Waals surface area contributed by atoms with Crippen LogP contribution in [0.4, 0.5) is 15.8 Å². The molecule has 0 atom stereocenters. The second-order valence-corrected chi connectivity index (χ2v) is 4.95. The lowest BCUT2D eigenvalue weighted by molar-refractivity contribution is 0.628. The molecule has 0 aromatic heterocycles. The lowest BCUT2D eigenvalue weighted by Gasteiger charge is -2.12. The van der Waals surface area contributed by atoms with Crippen LogP contribution >= 0.6 is 28.1 Å². The molecule has 0 aliphatic heterocycles. The Hall–Kier alpha value is -1.46. The monoisotopic (exact) mass is 324 g/mol. The maximum Gasteiger partial charge on any atom is 0.125 e. The number of thiocarbonyl (C=S) groups is 1. The molecule has 2 aromatic carbocycles. The largest absolute Gasteiger partial charge is 0.389 e. The average Bonchev–Trinajstić information content (AvgIpc) is 2.34. The summed E-state index contributed by atoms with van der Waals surface area (Å²) in [7, 11) is 0. The third-order valence-electron chi connectivity index (χ3n) is 2.39. The maximum absolute atomic E-state index is 13.2. The number of para-hydroxylation sites is 1. The molecule has 0 saturated heterocycles. The molecule has 5 heteroatoms. The summed E-state index contributed by atoms with van der Waals surface area (Å²) in [4.78, 5) is 0.297. The summed E-state index contributed by atoms with van der Waals surface area (Å²) in [6, 6.07) is 11.8. The van der Waals surface area contributed by atoms with Crippen molar-refractivity contribution in [1.82, 2.24) is 0 Å². The Morgan fingerprint density at radius 2 is 1.89 bits per heavy atom. The van der Waals surface area contributed by atoms with Gasteiger partial charge in [-0.15, -0.1) is 0 Å². The fourth-order valence-corrected chi connectivity index (χ4v) is 2.07. The van der Waals surface area contributed by atoms with Crippen molar-refractivity contribution in [3.63, 3.8) is 0 Å². The minimum absolute atomic E-state index is 0.297. The molecule has 3 N–H and O–H groups in total. The summed E-state index contributed by atoms with van der Waals surface area (Å²) in [6.45, 7) is 0. The van der Waals surface area contributed by atoms with E-state index in [0.717, 1.165) is 15.7 Å². The fourth-order valence-electron chi connectivity index (χ4n) is 1.55. The molecular weight excluding hydrogens is 315 g/mol. The second kappa shape index (κ2) is 5.46. The van der Waals surface area contributed by atoms with Gasteiger partial charge in [0.05, 0.1) is 5.69 Å². The number of rotatable bonds is 3. The topological polar surface area (TPSA) is 38.0 Å². The summed E-state index contributed by atoms with van der Waals surface area (Å²) >= 11 is 8.33. The minimum Gasteiger partial charge on any atom is -0.389 e. The van der Waals surface area contributed by atoms with E-state index in [2.05, 4.69) is 21.2 Å². The van der Waals surface area contributed by atoms with Gasteiger partial charge >= 0.3 is 0 Å². The lowest BCUT2D eigenvalue weighted by Crippen LogP contribution is -2.11. The Bertz CT molecular complexity index is 601. The van der Waals surface area contributed by atoms with E-state index in [9.17, 15) is 4.39 Å². The van der Waals surface area contributed by atoms with E-state index < -0.39 is 0 Å². The Morgan fingerprint density at radius 3 is 2.61 bits per heavy atom. The SMILES string of the molecule is NC(=S)c1ccccc1Nc1cc(F)ccc1Br. The molecule has 0 aliphatic rings. The Morgan fingerprint density at radius 1 is 1.17 bits per heavy atom. The lowest BCUT2D eigenvalue weighted by atomic mass is 10.1. The normalized spacial score (nSPS) is 10.1. The summed E-state index contributed by atoms with van der Waals surface area (Å²) in [6.07, 6.45) is 0. The van der Waals surface area contributed by atoms with E-state index in [1.54, 1.807) is 6.07 Å². The van der Waals surface area contributed by atoms with Crippen molar-refractivity contribution >= 4 is 44.5 Å². The van der Waals surface area contributed by atoms with Crippen molar-refractivity contribution in [1.29, 1.82) is 0 Å². The fraction of sp³-hybridized carbons (Fsp3) is 0. The zero-order chi connectivity index (χ0) is 13.1. The maximum atomic E-state index is 13.2. The van der Waals surface area contributed by atoms with Crippen molar-refractivity contribution in [3.05, 3.63) is 58.3 Å². The first-order chi connectivity index (χ1) is 8.58. The highest BCUT2D eigenvalue weighted by Crippen LogP contribution is 2.28. The molecule has 0 spiro atoms. The van der Waals surface area contributed by atoms with Crippen molar-refractivity contribution < 1.29 is 4.39 Å². The van der Waals surface area contributed by atoms with Crippen molar-refractivity contribution in [2.75, 3.05) is 5.32 Å². The van der Waals surface area contributed by atoms with E-state index in [4.69, 9.17) is 18.0 Å². The smallest absolute Gasteiger partial charge is 0.125 e. The van der Waals surface area contributed by atoms with E-state index in [1.165, 1.54) is 12.1 Å². The Balaban J connectivity index is 2.40. The van der Waals surface area contributed by atoms with Crippen LogP contribution < -0.4 is 11.1 Å². The van der Waals surface area contributed by atoms with Crippen LogP contribution in [-0.2, 0) is 0 Å². The minimum atomic E-state index is -0.312. The van der Waals surface area contributed by atoms with Crippen molar-refractivity contribution in [3.8, 4) is 0 Å². The van der Waals surface area contributed by atoms with Crippen LogP contribution in [0, 0.1) is 5.82 Å². The quantitative estimate of drug-likeness (QED) is 0.839. The number of hydrogen-bond donors (Lipinski definition) is 2. The molecule has 0 radical (unpaired) electrons. The third-order valence-corrected chi connectivity index (χ3v) is 3.30. The van der Waals surface area contributed by atoms with Gasteiger partial charge in [0.1, 0.15) is 10.8 Å². The molecule has 0 heterocycles. The predicted octanol–water partition coefficient (Wildman–Crippen LogP) is 3.97. The molecule has 0 aliphatic carbocycles. The first kappa shape index (κ1) is 13.0. The molecule has 0 amide bonds. The third kappa shape index (κ3) is 2.86. The molecule has 2 nitrogen and oxygen atoms in total. The van der Waals surface area contributed by atoms with E-state index >= 15 is 0 Å². The number of benzene rings is 2. The summed E-state index contributed by atoms with van der Waals surface area (Å²) in [5, 5.41) is 3.11. The van der Waals surface area contributed by atoms with Gasteiger partial charge in [-0.05, 0) is 46.3 Å². The second-order valence-electron chi connectivity index (χ2n) is 3.66. The average molecular weight is 325 g/mol. The van der Waals surface area contributed by atoms with Gasteiger partial charge in [-0.25, -0.2) is 4.39 Å². The number of hydrogen-bond acceptors (Lipinski definition) is 2. The van der Waals surface area contributed by atoms with Gasteiger partial charge < -0.3 is 11.1 Å². The van der Waals surface area contributed by atoms with Crippen molar-refractivity contribution in [2.45, 2.75) is 0 Å². The first-order valence-corrected chi connectivity index (χ1v) is 6.39. The molecular formula is C13H10BrFN2S. The van der Waals surface area contributed by atoms with Gasteiger partial charge in [-0.1, -0.05) is 24.4 Å². The molecule has 0 fully saturated rings. The predicted molar refractivity (Wildman–Crippen MR) is 79.7 cm³/mol. The molecule has 0 bridgehead atoms. The molecule has 2 rings (SSSR count). The van der Waals surface area contributed by atoms with Crippen LogP contribution in [0.1, 0.15) is 5.56 Å². The van der Waals surface area contributed by atoms with E-state index in [0.29, 0.717) is 10.7 Å². The number of halogens is 2. The van der Waals surface area contributed by atoms with Crippen LogP contribution in [0.25, 0.3) is 0 Å².